The van der Waals surface area contributed by atoms with E-state index in [4.69, 9.17) is 0 Å². The molecule has 0 aliphatic heterocycles. The molecule has 2 aliphatic carbocycles. The molecule has 0 amide bonds. The summed E-state index contributed by atoms with van der Waals surface area (Å²) in [6.45, 7) is 14.9. The Bertz CT molecular complexity index is 249. The number of fused-ring (bicyclic) bond motifs is 2. The molecule has 2 aliphatic rings. The highest BCUT2D eigenvalue weighted by Gasteiger charge is 2.64. The Kier molecular flexibility index (Phi) is 1.93. The van der Waals surface area contributed by atoms with Crippen LogP contribution in [0.5, 0.6) is 0 Å². The Labute approximate surface area is 89.5 Å². The standard InChI is InChI=1S/C14H26/c1-7-14(6)11-8-10(13(14,4)5)9-12(11,2)3/h10-11H,7-9H2,1-6H3. The van der Waals surface area contributed by atoms with Gasteiger partial charge in [0.25, 0.3) is 0 Å². The first-order chi connectivity index (χ1) is 6.25. The fraction of sp³-hybridized carbons (Fsp3) is 1.00. The van der Waals surface area contributed by atoms with Crippen molar-refractivity contribution < 1.29 is 0 Å². The highest BCUT2D eigenvalue weighted by atomic mass is 14.7. The van der Waals surface area contributed by atoms with Crippen molar-refractivity contribution in [2.45, 2.75) is 60.8 Å². The molecule has 0 aromatic carbocycles. The van der Waals surface area contributed by atoms with Crippen LogP contribution in [0, 0.1) is 28.1 Å². The van der Waals surface area contributed by atoms with Crippen LogP contribution in [0.15, 0.2) is 0 Å². The summed E-state index contributed by atoms with van der Waals surface area (Å²) in [6, 6.07) is 0. The summed E-state index contributed by atoms with van der Waals surface area (Å²) < 4.78 is 0. The number of hydrogen-bond donors (Lipinski definition) is 0. The zero-order valence-electron chi connectivity index (χ0n) is 10.8. The lowest BCUT2D eigenvalue weighted by molar-refractivity contribution is -0.0451. The van der Waals surface area contributed by atoms with E-state index in [1.165, 1.54) is 19.3 Å². The average molecular weight is 194 g/mol. The summed E-state index contributed by atoms with van der Waals surface area (Å²) in [6.07, 6.45) is 4.30. The lowest BCUT2D eigenvalue weighted by Crippen LogP contribution is -2.46. The van der Waals surface area contributed by atoms with E-state index < -0.39 is 0 Å². The fourth-order valence-electron chi connectivity index (χ4n) is 4.75. The molecule has 0 aromatic heterocycles. The second kappa shape index (κ2) is 2.57. The molecule has 2 rings (SSSR count). The van der Waals surface area contributed by atoms with Crippen LogP contribution >= 0.6 is 0 Å². The first-order valence-corrected chi connectivity index (χ1v) is 6.25. The van der Waals surface area contributed by atoms with Crippen molar-refractivity contribution >= 4 is 0 Å². The first-order valence-electron chi connectivity index (χ1n) is 6.25. The number of hydrogen-bond acceptors (Lipinski definition) is 0. The third-order valence-electron chi connectivity index (χ3n) is 6.23. The van der Waals surface area contributed by atoms with Crippen LogP contribution in [-0.2, 0) is 0 Å². The topological polar surface area (TPSA) is 0 Å². The molecular weight excluding hydrogens is 168 g/mol. The third kappa shape index (κ3) is 0.955. The normalized spacial score (nSPS) is 48.4. The average Bonchev–Trinajstić information content (AvgIpc) is 2.47. The van der Waals surface area contributed by atoms with E-state index in [9.17, 15) is 0 Å². The highest BCUT2D eigenvalue weighted by Crippen LogP contribution is 2.72. The van der Waals surface area contributed by atoms with Crippen molar-refractivity contribution in [3.8, 4) is 0 Å². The van der Waals surface area contributed by atoms with Gasteiger partial charge in [-0.05, 0) is 47.3 Å². The SMILES string of the molecule is CCC1(C)C2CC(CC2(C)C)C1(C)C. The molecule has 0 spiro atoms. The molecule has 3 atom stereocenters. The molecule has 2 saturated carbocycles. The molecular formula is C14H26. The predicted octanol–water partition coefficient (Wildman–Crippen LogP) is 4.49. The maximum atomic E-state index is 2.54. The van der Waals surface area contributed by atoms with Gasteiger partial charge in [-0.3, -0.25) is 0 Å². The molecule has 0 radical (unpaired) electrons. The largest absolute Gasteiger partial charge is 0.0648 e. The molecule has 0 saturated heterocycles. The van der Waals surface area contributed by atoms with E-state index in [1.807, 2.05) is 0 Å². The molecule has 82 valence electrons. The van der Waals surface area contributed by atoms with E-state index >= 15 is 0 Å². The van der Waals surface area contributed by atoms with Gasteiger partial charge in [-0.15, -0.1) is 0 Å². The van der Waals surface area contributed by atoms with E-state index in [0.717, 1.165) is 11.8 Å². The Morgan fingerprint density at radius 1 is 1.07 bits per heavy atom. The molecule has 0 N–H and O–H groups in total. The van der Waals surface area contributed by atoms with Gasteiger partial charge < -0.3 is 0 Å². The van der Waals surface area contributed by atoms with Gasteiger partial charge in [-0.1, -0.05) is 41.5 Å². The van der Waals surface area contributed by atoms with E-state index in [1.54, 1.807) is 0 Å². The molecule has 0 heteroatoms. The minimum atomic E-state index is 0.571. The van der Waals surface area contributed by atoms with Crippen molar-refractivity contribution in [3.63, 3.8) is 0 Å². The summed E-state index contributed by atoms with van der Waals surface area (Å²) in [4.78, 5) is 0. The Balaban J connectivity index is 2.42. The minimum absolute atomic E-state index is 0.571. The molecule has 0 heterocycles. The van der Waals surface area contributed by atoms with Gasteiger partial charge in [0.15, 0.2) is 0 Å². The van der Waals surface area contributed by atoms with Crippen molar-refractivity contribution in [2.75, 3.05) is 0 Å². The molecule has 2 fully saturated rings. The molecule has 2 bridgehead atoms. The van der Waals surface area contributed by atoms with Gasteiger partial charge in [0.1, 0.15) is 0 Å². The van der Waals surface area contributed by atoms with Gasteiger partial charge in [0.05, 0.1) is 0 Å². The lowest BCUT2D eigenvalue weighted by Gasteiger charge is -2.53. The summed E-state index contributed by atoms with van der Waals surface area (Å²) in [5.74, 6) is 1.94. The zero-order valence-corrected chi connectivity index (χ0v) is 10.8. The zero-order chi connectivity index (χ0) is 10.8. The lowest BCUT2D eigenvalue weighted by atomic mass is 9.51. The van der Waals surface area contributed by atoms with Gasteiger partial charge in [-0.2, -0.15) is 0 Å². The van der Waals surface area contributed by atoms with E-state index in [2.05, 4.69) is 41.5 Å². The second-order valence-corrected chi connectivity index (χ2v) is 7.17. The van der Waals surface area contributed by atoms with Crippen LogP contribution in [0.3, 0.4) is 0 Å². The minimum Gasteiger partial charge on any atom is -0.0648 e. The monoisotopic (exact) mass is 194 g/mol. The van der Waals surface area contributed by atoms with Gasteiger partial charge in [0.2, 0.25) is 0 Å². The van der Waals surface area contributed by atoms with Crippen LogP contribution in [0.25, 0.3) is 0 Å². The Morgan fingerprint density at radius 3 is 2.00 bits per heavy atom. The van der Waals surface area contributed by atoms with Crippen LogP contribution in [0.2, 0.25) is 0 Å². The summed E-state index contributed by atoms with van der Waals surface area (Å²) in [5, 5.41) is 0. The maximum Gasteiger partial charge on any atom is -0.0241 e. The van der Waals surface area contributed by atoms with Crippen molar-refractivity contribution in [2.24, 2.45) is 28.1 Å². The van der Waals surface area contributed by atoms with Gasteiger partial charge >= 0.3 is 0 Å². The van der Waals surface area contributed by atoms with E-state index in [-0.39, 0.29) is 0 Å². The van der Waals surface area contributed by atoms with Crippen LogP contribution < -0.4 is 0 Å². The number of rotatable bonds is 1. The van der Waals surface area contributed by atoms with Crippen molar-refractivity contribution in [3.05, 3.63) is 0 Å². The summed E-state index contributed by atoms with van der Waals surface area (Å²) >= 11 is 0. The second-order valence-electron chi connectivity index (χ2n) is 7.17. The third-order valence-corrected chi connectivity index (χ3v) is 6.23. The molecule has 0 aromatic rings. The first kappa shape index (κ1) is 10.5. The Morgan fingerprint density at radius 2 is 1.64 bits per heavy atom. The highest BCUT2D eigenvalue weighted by molar-refractivity contribution is 5.13. The molecule has 0 nitrogen and oxygen atoms in total. The van der Waals surface area contributed by atoms with Gasteiger partial charge in [0, 0.05) is 0 Å². The molecule has 3 unspecified atom stereocenters. The van der Waals surface area contributed by atoms with Gasteiger partial charge in [-0.25, -0.2) is 0 Å². The van der Waals surface area contributed by atoms with E-state index in [0.29, 0.717) is 16.2 Å². The summed E-state index contributed by atoms with van der Waals surface area (Å²) in [5.41, 5.74) is 1.76. The maximum absolute atomic E-state index is 2.54. The van der Waals surface area contributed by atoms with Crippen molar-refractivity contribution in [1.29, 1.82) is 0 Å². The van der Waals surface area contributed by atoms with Crippen LogP contribution in [0.1, 0.15) is 60.8 Å². The smallest absolute Gasteiger partial charge is 0.0241 e. The predicted molar refractivity (Wildman–Crippen MR) is 62.2 cm³/mol. The molecule has 14 heavy (non-hydrogen) atoms. The quantitative estimate of drug-likeness (QED) is 0.577. The fourth-order valence-corrected chi connectivity index (χ4v) is 4.75. The van der Waals surface area contributed by atoms with Crippen LogP contribution in [-0.4, -0.2) is 0 Å². The Hall–Kier alpha value is 0. The van der Waals surface area contributed by atoms with Crippen LogP contribution in [0.4, 0.5) is 0 Å². The van der Waals surface area contributed by atoms with Crippen molar-refractivity contribution in [1.82, 2.24) is 0 Å². The summed E-state index contributed by atoms with van der Waals surface area (Å²) in [7, 11) is 0.